The zero-order chi connectivity index (χ0) is 10.4. The topological polar surface area (TPSA) is 29.3 Å². The minimum absolute atomic E-state index is 0.865. The van der Waals surface area contributed by atoms with Crippen LogP contribution >= 0.6 is 0 Å². The summed E-state index contributed by atoms with van der Waals surface area (Å²) in [5.74, 6) is 1.79. The summed E-state index contributed by atoms with van der Waals surface area (Å²) in [6.07, 6.45) is 5.25. The van der Waals surface area contributed by atoms with E-state index in [9.17, 15) is 0 Å². The first-order chi connectivity index (χ1) is 6.80. The summed E-state index contributed by atoms with van der Waals surface area (Å²) in [6, 6.07) is 0. The first kappa shape index (κ1) is 12.0. The molecule has 0 radical (unpaired) electrons. The lowest BCUT2D eigenvalue weighted by Crippen LogP contribution is -2.27. The smallest absolute Gasteiger partial charge is 0.00107 e. The average molecular weight is 198 g/mol. The Balaban J connectivity index is 2.21. The van der Waals surface area contributed by atoms with Crippen LogP contribution in [-0.2, 0) is 0 Å². The molecule has 0 aliphatic carbocycles. The van der Waals surface area contributed by atoms with Crippen molar-refractivity contribution in [2.45, 2.75) is 39.5 Å². The molecule has 2 nitrogen and oxygen atoms in total. The fourth-order valence-corrected chi connectivity index (χ4v) is 2.46. The highest BCUT2D eigenvalue weighted by atomic mass is 15.1. The third-order valence-electron chi connectivity index (χ3n) is 3.62. The van der Waals surface area contributed by atoms with Gasteiger partial charge in [-0.3, -0.25) is 0 Å². The second kappa shape index (κ2) is 6.41. The van der Waals surface area contributed by atoms with Gasteiger partial charge in [0.25, 0.3) is 0 Å². The molecule has 1 aliphatic rings. The summed E-state index contributed by atoms with van der Waals surface area (Å²) in [7, 11) is 0. The summed E-state index contributed by atoms with van der Waals surface area (Å²) in [5, 5.41) is 0. The standard InChI is InChI=1S/C12H26N2/c1-3-11(4-2)9-14-8-6-12(10-14)5-7-13/h11-12H,3-10,13H2,1-2H3. The van der Waals surface area contributed by atoms with Crippen molar-refractivity contribution < 1.29 is 0 Å². The first-order valence-corrected chi connectivity index (χ1v) is 6.22. The monoisotopic (exact) mass is 198 g/mol. The third kappa shape index (κ3) is 3.58. The highest BCUT2D eigenvalue weighted by Gasteiger charge is 2.22. The Labute approximate surface area is 88.8 Å². The molecule has 1 unspecified atom stereocenters. The van der Waals surface area contributed by atoms with Crippen LogP contribution in [0, 0.1) is 11.8 Å². The van der Waals surface area contributed by atoms with Crippen molar-refractivity contribution in [1.82, 2.24) is 4.90 Å². The van der Waals surface area contributed by atoms with Crippen molar-refractivity contribution in [3.8, 4) is 0 Å². The van der Waals surface area contributed by atoms with Crippen LogP contribution in [0.1, 0.15) is 39.5 Å². The van der Waals surface area contributed by atoms with Crippen LogP contribution in [0.2, 0.25) is 0 Å². The maximum atomic E-state index is 5.59. The van der Waals surface area contributed by atoms with Gasteiger partial charge in [-0.25, -0.2) is 0 Å². The minimum atomic E-state index is 0.865. The van der Waals surface area contributed by atoms with Crippen LogP contribution in [0.15, 0.2) is 0 Å². The van der Waals surface area contributed by atoms with E-state index in [0.29, 0.717) is 0 Å². The summed E-state index contributed by atoms with van der Waals surface area (Å²) in [5.41, 5.74) is 5.59. The lowest BCUT2D eigenvalue weighted by atomic mass is 10.0. The Morgan fingerprint density at radius 2 is 2.07 bits per heavy atom. The predicted octanol–water partition coefficient (Wildman–Crippen LogP) is 2.09. The molecule has 0 spiro atoms. The fourth-order valence-electron chi connectivity index (χ4n) is 2.46. The SMILES string of the molecule is CCC(CC)CN1CCC(CCN)C1. The van der Waals surface area contributed by atoms with Crippen molar-refractivity contribution >= 4 is 0 Å². The number of nitrogens with zero attached hydrogens (tertiary/aromatic N) is 1. The molecule has 1 saturated heterocycles. The Kier molecular flexibility index (Phi) is 5.49. The number of hydrogen-bond donors (Lipinski definition) is 1. The van der Waals surface area contributed by atoms with Gasteiger partial charge in [0, 0.05) is 13.1 Å². The molecule has 84 valence electrons. The van der Waals surface area contributed by atoms with Crippen LogP contribution in [-0.4, -0.2) is 31.1 Å². The number of nitrogens with two attached hydrogens (primary N) is 1. The predicted molar refractivity (Wildman–Crippen MR) is 62.3 cm³/mol. The Morgan fingerprint density at radius 1 is 1.36 bits per heavy atom. The lowest BCUT2D eigenvalue weighted by molar-refractivity contribution is 0.258. The van der Waals surface area contributed by atoms with Crippen molar-refractivity contribution in [3.63, 3.8) is 0 Å². The molecule has 0 amide bonds. The van der Waals surface area contributed by atoms with E-state index in [4.69, 9.17) is 5.73 Å². The number of hydrogen-bond acceptors (Lipinski definition) is 2. The van der Waals surface area contributed by atoms with Crippen LogP contribution in [0.25, 0.3) is 0 Å². The molecular formula is C12H26N2. The highest BCUT2D eigenvalue weighted by molar-refractivity contribution is 4.77. The molecule has 0 saturated carbocycles. The summed E-state index contributed by atoms with van der Waals surface area (Å²) >= 11 is 0. The Hall–Kier alpha value is -0.0800. The van der Waals surface area contributed by atoms with E-state index >= 15 is 0 Å². The van der Waals surface area contributed by atoms with Gasteiger partial charge in [0.2, 0.25) is 0 Å². The number of likely N-dealkylation sites (tertiary alicyclic amines) is 1. The Morgan fingerprint density at radius 3 is 2.64 bits per heavy atom. The molecule has 0 bridgehead atoms. The molecule has 1 aliphatic heterocycles. The molecule has 0 aromatic heterocycles. The molecule has 0 aromatic carbocycles. The molecule has 1 fully saturated rings. The van der Waals surface area contributed by atoms with Crippen molar-refractivity contribution in [1.29, 1.82) is 0 Å². The molecule has 0 aromatic rings. The van der Waals surface area contributed by atoms with E-state index in [1.165, 1.54) is 45.3 Å². The quantitative estimate of drug-likeness (QED) is 0.708. The maximum absolute atomic E-state index is 5.59. The fraction of sp³-hybridized carbons (Fsp3) is 1.00. The second-order valence-corrected chi connectivity index (χ2v) is 4.67. The van der Waals surface area contributed by atoms with Crippen LogP contribution in [0.4, 0.5) is 0 Å². The van der Waals surface area contributed by atoms with Crippen LogP contribution in [0.5, 0.6) is 0 Å². The number of rotatable bonds is 6. The molecule has 14 heavy (non-hydrogen) atoms. The van der Waals surface area contributed by atoms with E-state index in [1.807, 2.05) is 0 Å². The van der Waals surface area contributed by atoms with E-state index in [-0.39, 0.29) is 0 Å². The molecule has 1 heterocycles. The molecule has 1 atom stereocenters. The van der Waals surface area contributed by atoms with Gasteiger partial charge in [-0.05, 0) is 37.8 Å². The third-order valence-corrected chi connectivity index (χ3v) is 3.62. The van der Waals surface area contributed by atoms with Gasteiger partial charge < -0.3 is 10.6 Å². The van der Waals surface area contributed by atoms with Gasteiger partial charge in [0.1, 0.15) is 0 Å². The molecule has 1 rings (SSSR count). The van der Waals surface area contributed by atoms with Gasteiger partial charge in [-0.2, -0.15) is 0 Å². The van der Waals surface area contributed by atoms with E-state index in [0.717, 1.165) is 18.4 Å². The van der Waals surface area contributed by atoms with Gasteiger partial charge in [-0.15, -0.1) is 0 Å². The molecule has 2 heteroatoms. The van der Waals surface area contributed by atoms with Crippen molar-refractivity contribution in [2.75, 3.05) is 26.2 Å². The van der Waals surface area contributed by atoms with E-state index in [2.05, 4.69) is 18.7 Å². The molecule has 2 N–H and O–H groups in total. The maximum Gasteiger partial charge on any atom is 0.00107 e. The zero-order valence-corrected chi connectivity index (χ0v) is 9.84. The van der Waals surface area contributed by atoms with Gasteiger partial charge in [0.05, 0.1) is 0 Å². The zero-order valence-electron chi connectivity index (χ0n) is 9.84. The summed E-state index contributed by atoms with van der Waals surface area (Å²) in [4.78, 5) is 2.64. The minimum Gasteiger partial charge on any atom is -0.330 e. The average Bonchev–Trinajstić information content (AvgIpc) is 2.63. The lowest BCUT2D eigenvalue weighted by Gasteiger charge is -2.21. The van der Waals surface area contributed by atoms with Crippen molar-refractivity contribution in [3.05, 3.63) is 0 Å². The van der Waals surface area contributed by atoms with Gasteiger partial charge in [0.15, 0.2) is 0 Å². The van der Waals surface area contributed by atoms with E-state index < -0.39 is 0 Å². The highest BCUT2D eigenvalue weighted by Crippen LogP contribution is 2.21. The second-order valence-electron chi connectivity index (χ2n) is 4.67. The summed E-state index contributed by atoms with van der Waals surface area (Å²) < 4.78 is 0. The normalized spacial score (nSPS) is 23.6. The van der Waals surface area contributed by atoms with Gasteiger partial charge in [-0.1, -0.05) is 26.7 Å². The Bertz CT molecular complexity index is 143. The van der Waals surface area contributed by atoms with Crippen molar-refractivity contribution in [2.24, 2.45) is 17.6 Å². The largest absolute Gasteiger partial charge is 0.330 e. The summed E-state index contributed by atoms with van der Waals surface area (Å²) in [6.45, 7) is 9.40. The van der Waals surface area contributed by atoms with Crippen LogP contribution in [0.3, 0.4) is 0 Å². The van der Waals surface area contributed by atoms with Crippen LogP contribution < -0.4 is 5.73 Å². The van der Waals surface area contributed by atoms with Gasteiger partial charge >= 0.3 is 0 Å². The molecular weight excluding hydrogens is 172 g/mol. The van der Waals surface area contributed by atoms with E-state index in [1.54, 1.807) is 0 Å². The first-order valence-electron chi connectivity index (χ1n) is 6.22.